The van der Waals surface area contributed by atoms with Gasteiger partial charge in [0.1, 0.15) is 12.4 Å². The lowest BCUT2D eigenvalue weighted by Gasteiger charge is -2.10. The van der Waals surface area contributed by atoms with E-state index in [9.17, 15) is 4.79 Å². The fourth-order valence-corrected chi connectivity index (χ4v) is 1.98. The third-order valence-corrected chi connectivity index (χ3v) is 3.13. The van der Waals surface area contributed by atoms with Crippen LogP contribution >= 0.6 is 0 Å². The molecule has 3 nitrogen and oxygen atoms in total. The third kappa shape index (κ3) is 3.38. The maximum Gasteiger partial charge on any atom is 0.338 e. The van der Waals surface area contributed by atoms with Gasteiger partial charge in [-0.15, -0.1) is 0 Å². The predicted molar refractivity (Wildman–Crippen MR) is 77.9 cm³/mol. The maximum atomic E-state index is 12.2. The average molecular weight is 270 g/mol. The molecule has 2 aromatic rings. The summed E-state index contributed by atoms with van der Waals surface area (Å²) in [6.07, 6.45) is 0.778. The van der Waals surface area contributed by atoms with Gasteiger partial charge in [0.2, 0.25) is 0 Å². The summed E-state index contributed by atoms with van der Waals surface area (Å²) >= 11 is 0. The van der Waals surface area contributed by atoms with E-state index in [4.69, 9.17) is 9.47 Å². The van der Waals surface area contributed by atoms with Gasteiger partial charge < -0.3 is 9.47 Å². The van der Waals surface area contributed by atoms with Gasteiger partial charge >= 0.3 is 5.97 Å². The fraction of sp³-hybridized carbons (Fsp3) is 0.235. The maximum absolute atomic E-state index is 12.2. The Hall–Kier alpha value is -2.29. The van der Waals surface area contributed by atoms with Gasteiger partial charge in [-0.05, 0) is 29.7 Å². The Labute approximate surface area is 119 Å². The molecule has 0 heterocycles. The van der Waals surface area contributed by atoms with E-state index < -0.39 is 0 Å². The number of methoxy groups -OCH3 is 1. The monoisotopic (exact) mass is 270 g/mol. The Morgan fingerprint density at radius 1 is 1.10 bits per heavy atom. The first-order valence-electron chi connectivity index (χ1n) is 6.62. The zero-order chi connectivity index (χ0) is 14.4. The Morgan fingerprint density at radius 3 is 2.50 bits per heavy atom. The van der Waals surface area contributed by atoms with E-state index in [1.54, 1.807) is 13.2 Å². The lowest BCUT2D eigenvalue weighted by atomic mass is 10.1. The first-order chi connectivity index (χ1) is 9.74. The number of rotatable bonds is 5. The number of esters is 1. The van der Waals surface area contributed by atoms with E-state index in [-0.39, 0.29) is 12.6 Å². The molecular weight excluding hydrogens is 252 g/mol. The molecule has 20 heavy (non-hydrogen) atoms. The molecule has 104 valence electrons. The van der Waals surface area contributed by atoms with Crippen LogP contribution in [0.15, 0.2) is 48.5 Å². The minimum atomic E-state index is -0.315. The van der Waals surface area contributed by atoms with Crippen LogP contribution in [0.2, 0.25) is 0 Å². The van der Waals surface area contributed by atoms with E-state index >= 15 is 0 Å². The van der Waals surface area contributed by atoms with Crippen molar-refractivity contribution in [1.29, 1.82) is 0 Å². The molecule has 2 rings (SSSR count). The summed E-state index contributed by atoms with van der Waals surface area (Å²) in [6, 6.07) is 15.1. The highest BCUT2D eigenvalue weighted by molar-refractivity contribution is 5.91. The summed E-state index contributed by atoms with van der Waals surface area (Å²) in [4.78, 5) is 12.2. The molecule has 3 heteroatoms. The number of aryl methyl sites for hydroxylation is 1. The van der Waals surface area contributed by atoms with E-state index in [1.165, 1.54) is 0 Å². The van der Waals surface area contributed by atoms with Crippen molar-refractivity contribution in [1.82, 2.24) is 0 Å². The van der Waals surface area contributed by atoms with Gasteiger partial charge in [-0.3, -0.25) is 0 Å². The van der Waals surface area contributed by atoms with Gasteiger partial charge in [-0.25, -0.2) is 4.79 Å². The Morgan fingerprint density at radius 2 is 1.85 bits per heavy atom. The van der Waals surface area contributed by atoms with Crippen molar-refractivity contribution in [2.75, 3.05) is 7.11 Å². The Balaban J connectivity index is 2.12. The van der Waals surface area contributed by atoms with Gasteiger partial charge in [0.15, 0.2) is 0 Å². The van der Waals surface area contributed by atoms with Crippen LogP contribution in [0.1, 0.15) is 28.4 Å². The molecule has 0 atom stereocenters. The van der Waals surface area contributed by atoms with Gasteiger partial charge in [-0.1, -0.05) is 43.3 Å². The van der Waals surface area contributed by atoms with E-state index in [0.29, 0.717) is 11.3 Å². The molecule has 0 amide bonds. The molecule has 0 N–H and O–H groups in total. The van der Waals surface area contributed by atoms with Crippen LogP contribution in [0.4, 0.5) is 0 Å². The third-order valence-electron chi connectivity index (χ3n) is 3.13. The van der Waals surface area contributed by atoms with Crippen LogP contribution in [0, 0.1) is 0 Å². The molecule has 0 aliphatic carbocycles. The molecule has 0 unspecified atom stereocenters. The summed E-state index contributed by atoms with van der Waals surface area (Å²) < 4.78 is 10.5. The normalized spacial score (nSPS) is 10.1. The van der Waals surface area contributed by atoms with Crippen LogP contribution in [0.3, 0.4) is 0 Å². The van der Waals surface area contributed by atoms with Crippen LogP contribution in [0.5, 0.6) is 5.75 Å². The molecule has 0 bridgehead atoms. The second kappa shape index (κ2) is 6.75. The second-order valence-electron chi connectivity index (χ2n) is 4.44. The van der Waals surface area contributed by atoms with Crippen LogP contribution in [0.25, 0.3) is 0 Å². The second-order valence-corrected chi connectivity index (χ2v) is 4.44. The van der Waals surface area contributed by atoms with Crippen molar-refractivity contribution in [2.24, 2.45) is 0 Å². The standard InChI is InChI=1S/C17H18O3/c1-3-14-9-10-15(19-2)11-16(14)17(18)20-12-13-7-5-4-6-8-13/h4-11H,3,12H2,1-2H3. The molecule has 0 spiro atoms. The smallest absolute Gasteiger partial charge is 0.338 e. The topological polar surface area (TPSA) is 35.5 Å². The van der Waals surface area contributed by atoms with Crippen molar-refractivity contribution in [2.45, 2.75) is 20.0 Å². The summed E-state index contributed by atoms with van der Waals surface area (Å²) in [5.74, 6) is 0.346. The van der Waals surface area contributed by atoms with Crippen molar-refractivity contribution >= 4 is 5.97 Å². The fourth-order valence-electron chi connectivity index (χ4n) is 1.98. The van der Waals surface area contributed by atoms with Crippen molar-refractivity contribution in [3.63, 3.8) is 0 Å². The number of hydrogen-bond acceptors (Lipinski definition) is 3. The van der Waals surface area contributed by atoms with Gasteiger partial charge in [-0.2, -0.15) is 0 Å². The molecule has 0 saturated carbocycles. The summed E-state index contributed by atoms with van der Waals surface area (Å²) in [6.45, 7) is 2.29. The average Bonchev–Trinajstić information content (AvgIpc) is 2.52. The Bertz CT molecular complexity index is 576. The molecular formula is C17H18O3. The molecule has 0 radical (unpaired) electrons. The van der Waals surface area contributed by atoms with E-state index in [2.05, 4.69) is 0 Å². The van der Waals surface area contributed by atoms with Gasteiger partial charge in [0.05, 0.1) is 12.7 Å². The lowest BCUT2D eigenvalue weighted by molar-refractivity contribution is 0.0471. The molecule has 0 aliphatic heterocycles. The van der Waals surface area contributed by atoms with E-state index in [1.807, 2.05) is 49.4 Å². The highest BCUT2D eigenvalue weighted by Gasteiger charge is 2.13. The number of hydrogen-bond donors (Lipinski definition) is 0. The molecule has 2 aromatic carbocycles. The first-order valence-corrected chi connectivity index (χ1v) is 6.62. The molecule has 0 aromatic heterocycles. The van der Waals surface area contributed by atoms with Gasteiger partial charge in [0, 0.05) is 0 Å². The molecule has 0 saturated heterocycles. The predicted octanol–water partition coefficient (Wildman–Crippen LogP) is 3.61. The number of ether oxygens (including phenoxy) is 2. The number of carbonyl (C=O) groups excluding carboxylic acids is 1. The SMILES string of the molecule is CCc1ccc(OC)cc1C(=O)OCc1ccccc1. The summed E-state index contributed by atoms with van der Waals surface area (Å²) in [5, 5.41) is 0. The van der Waals surface area contributed by atoms with E-state index in [0.717, 1.165) is 17.5 Å². The lowest BCUT2D eigenvalue weighted by Crippen LogP contribution is -2.08. The van der Waals surface area contributed by atoms with Crippen LogP contribution in [-0.2, 0) is 17.8 Å². The quantitative estimate of drug-likeness (QED) is 0.778. The zero-order valence-electron chi connectivity index (χ0n) is 11.8. The van der Waals surface area contributed by atoms with Crippen molar-refractivity contribution in [3.05, 3.63) is 65.2 Å². The van der Waals surface area contributed by atoms with Crippen LogP contribution < -0.4 is 4.74 Å². The van der Waals surface area contributed by atoms with Gasteiger partial charge in [0.25, 0.3) is 0 Å². The van der Waals surface area contributed by atoms with Crippen molar-refractivity contribution in [3.8, 4) is 5.75 Å². The number of carbonyl (C=O) groups is 1. The highest BCUT2D eigenvalue weighted by Crippen LogP contribution is 2.19. The highest BCUT2D eigenvalue weighted by atomic mass is 16.5. The number of benzene rings is 2. The van der Waals surface area contributed by atoms with Crippen molar-refractivity contribution < 1.29 is 14.3 Å². The summed E-state index contributed by atoms with van der Waals surface area (Å²) in [7, 11) is 1.58. The largest absolute Gasteiger partial charge is 0.497 e. The van der Waals surface area contributed by atoms with Crippen LogP contribution in [-0.4, -0.2) is 13.1 Å². The Kier molecular flexibility index (Phi) is 4.77. The zero-order valence-corrected chi connectivity index (χ0v) is 11.8. The summed E-state index contributed by atoms with van der Waals surface area (Å²) in [5.41, 5.74) is 2.51. The first kappa shape index (κ1) is 14.1. The molecule has 0 aliphatic rings. The molecule has 0 fully saturated rings. The minimum Gasteiger partial charge on any atom is -0.497 e. The minimum absolute atomic E-state index is 0.278.